The number of hydrogen-bond acceptors (Lipinski definition) is 3. The first-order valence-electron chi connectivity index (χ1n) is 8.35. The van der Waals surface area contributed by atoms with Gasteiger partial charge in [0.05, 0.1) is 5.25 Å². The van der Waals surface area contributed by atoms with Crippen molar-refractivity contribution in [2.45, 2.75) is 61.6 Å². The molecule has 2 atom stereocenters. The number of benzene rings is 1. The van der Waals surface area contributed by atoms with Gasteiger partial charge in [0, 0.05) is 23.9 Å². The van der Waals surface area contributed by atoms with Crippen LogP contribution in [0.1, 0.15) is 45.4 Å². The van der Waals surface area contributed by atoms with E-state index in [9.17, 15) is 9.59 Å². The third-order valence-corrected chi connectivity index (χ3v) is 5.63. The van der Waals surface area contributed by atoms with E-state index in [1.54, 1.807) is 11.8 Å². The van der Waals surface area contributed by atoms with Gasteiger partial charge in [-0.3, -0.25) is 9.59 Å². The van der Waals surface area contributed by atoms with Gasteiger partial charge in [0.1, 0.15) is 0 Å². The largest absolute Gasteiger partial charge is 0.481 e. The average molecular weight is 335 g/mol. The molecule has 23 heavy (non-hydrogen) atoms. The van der Waals surface area contributed by atoms with E-state index in [2.05, 4.69) is 0 Å². The maximum absolute atomic E-state index is 12.9. The number of carboxylic acid groups (broad SMARTS) is 1. The van der Waals surface area contributed by atoms with Gasteiger partial charge in [-0.2, -0.15) is 0 Å². The molecule has 2 rings (SSSR count). The van der Waals surface area contributed by atoms with Gasteiger partial charge in [0.2, 0.25) is 5.91 Å². The molecule has 0 bridgehead atoms. The van der Waals surface area contributed by atoms with Crippen molar-refractivity contribution in [1.29, 1.82) is 0 Å². The monoisotopic (exact) mass is 335 g/mol. The van der Waals surface area contributed by atoms with E-state index in [-0.39, 0.29) is 23.6 Å². The Labute approximate surface area is 142 Å². The summed E-state index contributed by atoms with van der Waals surface area (Å²) >= 11 is 1.61. The number of piperidine rings is 1. The van der Waals surface area contributed by atoms with E-state index in [1.165, 1.54) is 0 Å². The summed E-state index contributed by atoms with van der Waals surface area (Å²) in [6, 6.07) is 10.1. The highest BCUT2D eigenvalue weighted by Gasteiger charge is 2.31. The van der Waals surface area contributed by atoms with Crippen LogP contribution < -0.4 is 0 Å². The van der Waals surface area contributed by atoms with Gasteiger partial charge in [-0.05, 0) is 44.2 Å². The summed E-state index contributed by atoms with van der Waals surface area (Å²) in [6.07, 6.45) is 4.50. The molecule has 0 radical (unpaired) electrons. The summed E-state index contributed by atoms with van der Waals surface area (Å²) in [7, 11) is 0. The Balaban J connectivity index is 2.03. The third kappa shape index (κ3) is 5.27. The molecular formula is C18H25NO3S. The fourth-order valence-corrected chi connectivity index (χ4v) is 4.08. The lowest BCUT2D eigenvalue weighted by atomic mass is 9.97. The van der Waals surface area contributed by atoms with Crippen molar-refractivity contribution in [3.05, 3.63) is 30.3 Å². The molecule has 126 valence electrons. The van der Waals surface area contributed by atoms with Crippen LogP contribution in [-0.2, 0) is 9.59 Å². The van der Waals surface area contributed by atoms with Gasteiger partial charge >= 0.3 is 5.97 Å². The molecule has 5 heteroatoms. The van der Waals surface area contributed by atoms with E-state index >= 15 is 0 Å². The first-order chi connectivity index (χ1) is 11.1. The number of likely N-dealkylation sites (tertiary alicyclic amines) is 1. The van der Waals surface area contributed by atoms with Crippen LogP contribution in [0.4, 0.5) is 0 Å². The van der Waals surface area contributed by atoms with Gasteiger partial charge in [0.25, 0.3) is 0 Å². The second-order valence-electron chi connectivity index (χ2n) is 5.94. The van der Waals surface area contributed by atoms with E-state index in [1.807, 2.05) is 42.2 Å². The summed E-state index contributed by atoms with van der Waals surface area (Å²) in [4.78, 5) is 26.8. The number of aliphatic carboxylic acids is 1. The summed E-state index contributed by atoms with van der Waals surface area (Å²) in [5.74, 6) is -0.620. The van der Waals surface area contributed by atoms with Gasteiger partial charge in [-0.15, -0.1) is 11.8 Å². The van der Waals surface area contributed by atoms with Crippen LogP contribution in [0.3, 0.4) is 0 Å². The second kappa shape index (κ2) is 8.96. The van der Waals surface area contributed by atoms with E-state index in [0.717, 1.165) is 37.1 Å². The van der Waals surface area contributed by atoms with Crippen molar-refractivity contribution < 1.29 is 14.7 Å². The average Bonchev–Trinajstić information content (AvgIpc) is 2.58. The minimum atomic E-state index is -0.784. The fourth-order valence-electron chi connectivity index (χ4n) is 3.04. The van der Waals surface area contributed by atoms with Crippen LogP contribution in [0.15, 0.2) is 35.2 Å². The molecular weight excluding hydrogens is 310 g/mol. The zero-order valence-electron chi connectivity index (χ0n) is 13.6. The first-order valence-corrected chi connectivity index (χ1v) is 9.23. The normalized spacial score (nSPS) is 19.3. The molecule has 1 heterocycles. The number of hydrogen-bond donors (Lipinski definition) is 1. The van der Waals surface area contributed by atoms with E-state index in [4.69, 9.17) is 5.11 Å². The highest BCUT2D eigenvalue weighted by molar-refractivity contribution is 8.00. The Morgan fingerprint density at radius 3 is 2.70 bits per heavy atom. The van der Waals surface area contributed by atoms with Crippen molar-refractivity contribution in [3.63, 3.8) is 0 Å². The zero-order chi connectivity index (χ0) is 16.7. The smallest absolute Gasteiger partial charge is 0.303 e. The molecule has 1 fully saturated rings. The Bertz CT molecular complexity index is 520. The molecule has 1 aromatic rings. The molecule has 1 N–H and O–H groups in total. The van der Waals surface area contributed by atoms with Gasteiger partial charge in [-0.25, -0.2) is 0 Å². The summed E-state index contributed by atoms with van der Waals surface area (Å²) in [6.45, 7) is 2.80. The van der Waals surface area contributed by atoms with Crippen molar-refractivity contribution in [3.8, 4) is 0 Å². The number of carbonyl (C=O) groups excluding carboxylic acids is 1. The standard InChI is InChI=1S/C18H25NO3S/c1-2-16(23-15-9-4-3-5-10-15)18(22)19-13-7-6-8-14(19)11-12-17(20)21/h3-5,9-10,14,16H,2,6-8,11-13H2,1H3,(H,20,21). The molecule has 4 nitrogen and oxygen atoms in total. The lowest BCUT2D eigenvalue weighted by Crippen LogP contribution is -2.47. The Hall–Kier alpha value is -1.49. The number of amides is 1. The number of rotatable bonds is 7. The van der Waals surface area contributed by atoms with Crippen molar-refractivity contribution >= 4 is 23.6 Å². The molecule has 1 aromatic carbocycles. The fraction of sp³-hybridized carbons (Fsp3) is 0.556. The minimum Gasteiger partial charge on any atom is -0.481 e. The Morgan fingerprint density at radius 1 is 1.30 bits per heavy atom. The molecule has 0 aliphatic carbocycles. The predicted octanol–water partition coefficient (Wildman–Crippen LogP) is 3.80. The quantitative estimate of drug-likeness (QED) is 0.770. The van der Waals surface area contributed by atoms with Gasteiger partial charge in [-0.1, -0.05) is 25.1 Å². The van der Waals surface area contributed by atoms with Crippen LogP contribution >= 0.6 is 11.8 Å². The summed E-state index contributed by atoms with van der Waals surface area (Å²) in [5, 5.41) is 8.82. The second-order valence-corrected chi connectivity index (χ2v) is 7.22. The molecule has 1 saturated heterocycles. The number of carbonyl (C=O) groups is 2. The van der Waals surface area contributed by atoms with Crippen molar-refractivity contribution in [2.24, 2.45) is 0 Å². The SMILES string of the molecule is CCC(Sc1ccccc1)C(=O)N1CCCCC1CCC(=O)O. The molecule has 0 spiro atoms. The minimum absolute atomic E-state index is 0.0813. The van der Waals surface area contributed by atoms with E-state index < -0.39 is 5.97 Å². The lowest BCUT2D eigenvalue weighted by molar-refractivity contribution is -0.139. The van der Waals surface area contributed by atoms with E-state index in [0.29, 0.717) is 6.42 Å². The van der Waals surface area contributed by atoms with Crippen LogP contribution in [0.5, 0.6) is 0 Å². The molecule has 1 amide bonds. The van der Waals surface area contributed by atoms with Crippen LogP contribution in [0.25, 0.3) is 0 Å². The number of carboxylic acids is 1. The molecule has 0 aromatic heterocycles. The number of thioether (sulfide) groups is 1. The van der Waals surface area contributed by atoms with Gasteiger partial charge < -0.3 is 10.0 Å². The summed E-state index contributed by atoms with van der Waals surface area (Å²) < 4.78 is 0. The zero-order valence-corrected chi connectivity index (χ0v) is 14.4. The molecule has 1 aliphatic heterocycles. The topological polar surface area (TPSA) is 57.6 Å². The molecule has 2 unspecified atom stereocenters. The Kier molecular flexibility index (Phi) is 6.96. The predicted molar refractivity (Wildman–Crippen MR) is 92.6 cm³/mol. The van der Waals surface area contributed by atoms with Crippen LogP contribution in [0.2, 0.25) is 0 Å². The van der Waals surface area contributed by atoms with Crippen molar-refractivity contribution in [1.82, 2.24) is 4.90 Å². The summed E-state index contributed by atoms with van der Waals surface area (Å²) in [5.41, 5.74) is 0. The maximum atomic E-state index is 12.9. The molecule has 0 saturated carbocycles. The van der Waals surface area contributed by atoms with Crippen LogP contribution in [-0.4, -0.2) is 39.7 Å². The third-order valence-electron chi connectivity index (χ3n) is 4.27. The highest BCUT2D eigenvalue weighted by Crippen LogP contribution is 2.30. The number of nitrogens with zero attached hydrogens (tertiary/aromatic N) is 1. The molecule has 1 aliphatic rings. The first kappa shape index (κ1) is 17.9. The van der Waals surface area contributed by atoms with Gasteiger partial charge in [0.15, 0.2) is 0 Å². The maximum Gasteiger partial charge on any atom is 0.303 e. The highest BCUT2D eigenvalue weighted by atomic mass is 32.2. The Morgan fingerprint density at radius 2 is 2.04 bits per heavy atom. The lowest BCUT2D eigenvalue weighted by Gasteiger charge is -2.37. The van der Waals surface area contributed by atoms with Crippen molar-refractivity contribution in [2.75, 3.05) is 6.54 Å². The van der Waals surface area contributed by atoms with Crippen LogP contribution in [0, 0.1) is 0 Å².